The number of nitrogens with zero attached hydrogens (tertiary/aromatic N) is 3. The van der Waals surface area contributed by atoms with E-state index in [4.69, 9.17) is 14.2 Å². The van der Waals surface area contributed by atoms with Gasteiger partial charge in [-0.2, -0.15) is 0 Å². The van der Waals surface area contributed by atoms with Gasteiger partial charge in [0.2, 0.25) is 17.5 Å². The van der Waals surface area contributed by atoms with E-state index in [-0.39, 0.29) is 61.0 Å². The van der Waals surface area contributed by atoms with Crippen molar-refractivity contribution in [2.75, 3.05) is 81.4 Å². The number of amides is 1. The van der Waals surface area contributed by atoms with E-state index in [0.717, 1.165) is 0 Å². The number of ether oxygens (including phenoxy) is 3. The number of carbonyl (C=O) groups is 3. The summed E-state index contributed by atoms with van der Waals surface area (Å²) in [5.74, 6) is -0.950. The number of hydrogen-bond acceptors (Lipinski definition) is 8. The first-order valence-corrected chi connectivity index (χ1v) is 10.5. The number of benzene rings is 1. The molecule has 0 spiro atoms. The average molecular weight is 484 g/mol. The summed E-state index contributed by atoms with van der Waals surface area (Å²) in [7, 11) is 8.20. The van der Waals surface area contributed by atoms with Crippen LogP contribution in [0.5, 0.6) is 0 Å². The van der Waals surface area contributed by atoms with Gasteiger partial charge in [0.1, 0.15) is 11.4 Å². The second-order valence-corrected chi connectivity index (χ2v) is 7.58. The van der Waals surface area contributed by atoms with Gasteiger partial charge in [0, 0.05) is 59.1 Å². The highest BCUT2D eigenvalue weighted by Gasteiger charge is 2.38. The van der Waals surface area contributed by atoms with Crippen LogP contribution in [0.3, 0.4) is 0 Å². The highest BCUT2D eigenvalue weighted by atomic mass is 35.5. The van der Waals surface area contributed by atoms with Crippen LogP contribution >= 0.6 is 12.4 Å². The summed E-state index contributed by atoms with van der Waals surface area (Å²) in [6.07, 6.45) is 0. The van der Waals surface area contributed by atoms with Crippen LogP contribution < -0.4 is 0 Å². The predicted octanol–water partition coefficient (Wildman–Crippen LogP) is 1.33. The Kier molecular flexibility index (Phi) is 12.2. The number of likely N-dealkylation sites (N-methyl/N-ethyl adjacent to an activating group) is 2. The Bertz CT molecular complexity index is 860. The number of carbonyl (C=O) groups excluding carboxylic acids is 3. The van der Waals surface area contributed by atoms with Gasteiger partial charge >= 0.3 is 0 Å². The lowest BCUT2D eigenvalue weighted by Crippen LogP contribution is -2.46. The van der Waals surface area contributed by atoms with Crippen molar-refractivity contribution in [1.29, 1.82) is 0 Å². The third kappa shape index (κ3) is 7.09. The van der Waals surface area contributed by atoms with Gasteiger partial charge in [0.15, 0.2) is 0 Å². The summed E-state index contributed by atoms with van der Waals surface area (Å²) < 4.78 is 15.4. The first-order valence-electron chi connectivity index (χ1n) is 10.5. The largest absolute Gasteiger partial charge is 0.383 e. The average Bonchev–Trinajstić information content (AvgIpc) is 2.79. The van der Waals surface area contributed by atoms with E-state index in [0.29, 0.717) is 37.4 Å². The van der Waals surface area contributed by atoms with Gasteiger partial charge in [-0.1, -0.05) is 24.3 Å². The van der Waals surface area contributed by atoms with Crippen LogP contribution in [0, 0.1) is 0 Å². The van der Waals surface area contributed by atoms with Crippen LogP contribution in [0.15, 0.2) is 35.7 Å². The lowest BCUT2D eigenvalue weighted by Gasteiger charge is -2.34. The molecule has 1 amide bonds. The Hall–Kier alpha value is -2.30. The van der Waals surface area contributed by atoms with Gasteiger partial charge in [-0.15, -0.1) is 12.4 Å². The normalized spacial score (nSPS) is 13.2. The standard InChI is InChI=1S/C23H33N3O6.ClH/c1-24(10-13-30-3)16-19(27)26(12-15-32-5)21-20(25(2)11-14-31-4)22(28)17-8-6-7-9-18(17)23(21)29;/h6-9H,10-16H2,1-5H3;1H. The fourth-order valence-corrected chi connectivity index (χ4v) is 3.48. The maximum Gasteiger partial charge on any atom is 0.241 e. The molecule has 1 aliphatic rings. The fourth-order valence-electron chi connectivity index (χ4n) is 3.48. The minimum absolute atomic E-state index is 0. The van der Waals surface area contributed by atoms with E-state index in [2.05, 4.69) is 0 Å². The van der Waals surface area contributed by atoms with E-state index < -0.39 is 0 Å². The number of Topliss-reactive ketones (excluding diaryl/α,β-unsaturated/α-hetero) is 2. The molecule has 0 aromatic heterocycles. The molecule has 0 atom stereocenters. The van der Waals surface area contributed by atoms with Gasteiger partial charge < -0.3 is 24.0 Å². The Morgan fingerprint density at radius 2 is 1.27 bits per heavy atom. The van der Waals surface area contributed by atoms with E-state index >= 15 is 0 Å². The summed E-state index contributed by atoms with van der Waals surface area (Å²) in [5.41, 5.74) is 0.889. The zero-order valence-electron chi connectivity index (χ0n) is 20.0. The van der Waals surface area contributed by atoms with Crippen molar-refractivity contribution in [2.45, 2.75) is 0 Å². The zero-order valence-corrected chi connectivity index (χ0v) is 20.8. The Morgan fingerprint density at radius 1 is 0.788 bits per heavy atom. The second-order valence-electron chi connectivity index (χ2n) is 7.58. The molecule has 184 valence electrons. The lowest BCUT2D eigenvalue weighted by molar-refractivity contribution is -0.130. The number of allylic oxidation sites excluding steroid dienone is 2. The summed E-state index contributed by atoms with van der Waals surface area (Å²) in [6.45, 7) is 2.20. The third-order valence-electron chi connectivity index (χ3n) is 5.26. The first-order chi connectivity index (χ1) is 15.4. The predicted molar refractivity (Wildman–Crippen MR) is 127 cm³/mol. The van der Waals surface area contributed by atoms with Gasteiger partial charge in [-0.3, -0.25) is 19.3 Å². The van der Waals surface area contributed by atoms with Crippen molar-refractivity contribution in [3.63, 3.8) is 0 Å². The summed E-state index contributed by atoms with van der Waals surface area (Å²) in [4.78, 5) is 45.2. The van der Waals surface area contributed by atoms with E-state index in [9.17, 15) is 14.4 Å². The van der Waals surface area contributed by atoms with Gasteiger partial charge in [-0.05, 0) is 7.05 Å². The Morgan fingerprint density at radius 3 is 1.82 bits per heavy atom. The highest BCUT2D eigenvalue weighted by molar-refractivity contribution is 6.27. The molecule has 0 radical (unpaired) electrons. The molecule has 0 unspecified atom stereocenters. The fraction of sp³-hybridized carbons (Fsp3) is 0.522. The van der Waals surface area contributed by atoms with Crippen molar-refractivity contribution in [2.24, 2.45) is 0 Å². The summed E-state index contributed by atoms with van der Waals surface area (Å²) >= 11 is 0. The molecular formula is C23H34ClN3O6. The Balaban J connectivity index is 0.00000544. The summed E-state index contributed by atoms with van der Waals surface area (Å²) in [5, 5.41) is 0. The molecule has 0 fully saturated rings. The van der Waals surface area contributed by atoms with Crippen molar-refractivity contribution in [3.05, 3.63) is 46.8 Å². The molecule has 0 bridgehead atoms. The van der Waals surface area contributed by atoms with Gasteiger partial charge in [-0.25, -0.2) is 0 Å². The van der Waals surface area contributed by atoms with Crippen molar-refractivity contribution >= 4 is 29.9 Å². The topological polar surface area (TPSA) is 88.6 Å². The second kappa shape index (κ2) is 14.1. The molecule has 1 aliphatic carbocycles. The molecule has 1 aromatic carbocycles. The molecule has 0 saturated carbocycles. The van der Waals surface area contributed by atoms with Crippen molar-refractivity contribution in [3.8, 4) is 0 Å². The molecule has 33 heavy (non-hydrogen) atoms. The number of methoxy groups -OCH3 is 3. The molecule has 9 nitrogen and oxygen atoms in total. The SMILES string of the molecule is COCCN(C)CC(=O)N(CCOC)C1=C(N(C)CCOC)C(=O)c2ccccc2C1=O.Cl. The zero-order chi connectivity index (χ0) is 23.7. The van der Waals surface area contributed by atoms with E-state index in [1.807, 2.05) is 4.90 Å². The van der Waals surface area contributed by atoms with Gasteiger partial charge in [0.25, 0.3) is 0 Å². The number of hydrogen-bond donors (Lipinski definition) is 0. The minimum Gasteiger partial charge on any atom is -0.383 e. The lowest BCUT2D eigenvalue weighted by atomic mass is 9.89. The smallest absolute Gasteiger partial charge is 0.241 e. The molecule has 0 aliphatic heterocycles. The van der Waals surface area contributed by atoms with Crippen LogP contribution in [0.25, 0.3) is 0 Å². The van der Waals surface area contributed by atoms with E-state index in [1.165, 1.54) is 12.0 Å². The van der Waals surface area contributed by atoms with Gasteiger partial charge in [0.05, 0.1) is 26.4 Å². The van der Waals surface area contributed by atoms with Crippen LogP contribution in [-0.4, -0.2) is 114 Å². The molecule has 0 N–H and O–H groups in total. The number of fused-ring (bicyclic) bond motifs is 1. The molecule has 2 rings (SSSR count). The third-order valence-corrected chi connectivity index (χ3v) is 5.26. The van der Waals surface area contributed by atoms with Crippen LogP contribution in [0.2, 0.25) is 0 Å². The minimum atomic E-state index is -0.358. The van der Waals surface area contributed by atoms with Crippen molar-refractivity contribution in [1.82, 2.24) is 14.7 Å². The number of ketones is 2. The molecule has 0 saturated heterocycles. The maximum absolute atomic E-state index is 13.6. The quantitative estimate of drug-likeness (QED) is 0.415. The molecular weight excluding hydrogens is 450 g/mol. The van der Waals surface area contributed by atoms with Crippen LogP contribution in [0.1, 0.15) is 20.7 Å². The molecule has 10 heteroatoms. The Labute approximate surface area is 201 Å². The number of rotatable bonds is 13. The molecule has 1 aromatic rings. The van der Waals surface area contributed by atoms with Crippen LogP contribution in [-0.2, 0) is 19.0 Å². The monoisotopic (exact) mass is 483 g/mol. The highest BCUT2D eigenvalue weighted by Crippen LogP contribution is 2.30. The molecule has 0 heterocycles. The maximum atomic E-state index is 13.6. The first kappa shape index (κ1) is 28.7. The van der Waals surface area contributed by atoms with E-state index in [1.54, 1.807) is 57.5 Å². The van der Waals surface area contributed by atoms with Crippen LogP contribution in [0.4, 0.5) is 0 Å². The summed E-state index contributed by atoms with van der Waals surface area (Å²) in [6, 6.07) is 6.68. The number of halogens is 1. The van der Waals surface area contributed by atoms with Crippen molar-refractivity contribution < 1.29 is 28.6 Å².